The number of allylic oxidation sites excluding steroid dienone is 8. The Hall–Kier alpha value is -2.03. The maximum Gasteiger partial charge on any atom is 0.472 e. The summed E-state index contributed by atoms with van der Waals surface area (Å²) in [6.07, 6.45) is 42.9. The van der Waals surface area contributed by atoms with Gasteiger partial charge in [-0.25, -0.2) is 4.57 Å². The van der Waals surface area contributed by atoms with Crippen LogP contribution in [0, 0.1) is 0 Å². The Kier molecular flexibility index (Phi) is 38.1. The van der Waals surface area contributed by atoms with E-state index in [4.69, 9.17) is 18.5 Å². The van der Waals surface area contributed by atoms with E-state index < -0.39 is 26.5 Å². The highest BCUT2D eigenvalue weighted by atomic mass is 31.2. The fourth-order valence-corrected chi connectivity index (χ4v) is 6.23. The second-order valence-electron chi connectivity index (χ2n) is 13.8. The van der Waals surface area contributed by atoms with Crippen LogP contribution < -0.4 is 5.32 Å². The Morgan fingerprint density at radius 3 is 1.55 bits per heavy atom. The first-order chi connectivity index (χ1) is 25.8. The third kappa shape index (κ3) is 39.5. The summed E-state index contributed by atoms with van der Waals surface area (Å²) >= 11 is 0. The Morgan fingerprint density at radius 2 is 1.02 bits per heavy atom. The van der Waals surface area contributed by atoms with E-state index in [1.54, 1.807) is 7.05 Å². The van der Waals surface area contributed by atoms with Gasteiger partial charge >= 0.3 is 19.8 Å². The molecular formula is C43H78NO8P. The first-order valence-corrected chi connectivity index (χ1v) is 22.6. The molecule has 2 unspecified atom stereocenters. The average molecular weight is 768 g/mol. The summed E-state index contributed by atoms with van der Waals surface area (Å²) in [5.41, 5.74) is 0. The summed E-state index contributed by atoms with van der Waals surface area (Å²) in [5, 5.41) is 2.82. The summed E-state index contributed by atoms with van der Waals surface area (Å²) < 4.78 is 33.1. The second kappa shape index (κ2) is 39.7. The van der Waals surface area contributed by atoms with Gasteiger partial charge in [-0.05, 0) is 64.8 Å². The quantitative estimate of drug-likeness (QED) is 0.0272. The largest absolute Gasteiger partial charge is 0.472 e. The van der Waals surface area contributed by atoms with Crippen molar-refractivity contribution in [2.75, 3.05) is 33.4 Å². The van der Waals surface area contributed by atoms with Gasteiger partial charge in [-0.15, -0.1) is 0 Å². The highest BCUT2D eigenvalue weighted by Crippen LogP contribution is 2.43. The molecule has 0 aliphatic rings. The number of rotatable bonds is 39. The summed E-state index contributed by atoms with van der Waals surface area (Å²) in [6, 6.07) is 0. The lowest BCUT2D eigenvalue weighted by molar-refractivity contribution is -0.161. The molecule has 9 nitrogen and oxygen atoms in total. The van der Waals surface area contributed by atoms with Crippen LogP contribution >= 0.6 is 7.82 Å². The van der Waals surface area contributed by atoms with Gasteiger partial charge in [0.05, 0.1) is 13.2 Å². The number of hydrogen-bond donors (Lipinski definition) is 2. The third-order valence-electron chi connectivity index (χ3n) is 8.70. The van der Waals surface area contributed by atoms with Crippen LogP contribution in [-0.4, -0.2) is 56.3 Å². The number of likely N-dealkylation sites (N-methyl/N-ethyl adjacent to an activating group) is 1. The molecule has 0 aromatic carbocycles. The van der Waals surface area contributed by atoms with Gasteiger partial charge in [-0.2, -0.15) is 0 Å². The standard InChI is InChI=1S/C43H78NO8P/c1-4-6-8-10-12-14-16-18-19-20-21-22-23-24-26-28-30-32-34-36-43(46)52-41(40-51-53(47,48)50-38-37-44-3)39-49-42(45)35-33-31-29-27-25-17-15-13-11-9-7-5-2/h12,14,18-19,21-22,24,26,41,44H,4-11,13,15-17,20,23,25,27-40H2,1-3H3,(H,47,48)/b14-12-,19-18-,22-21-,26-24-. The second-order valence-corrected chi connectivity index (χ2v) is 15.3. The van der Waals surface area contributed by atoms with Crippen molar-refractivity contribution < 1.29 is 37.6 Å². The Morgan fingerprint density at radius 1 is 0.585 bits per heavy atom. The third-order valence-corrected chi connectivity index (χ3v) is 9.69. The lowest BCUT2D eigenvalue weighted by Gasteiger charge is -2.20. The summed E-state index contributed by atoms with van der Waals surface area (Å²) in [5.74, 6) is -0.843. The van der Waals surface area contributed by atoms with E-state index in [-0.39, 0.29) is 32.0 Å². The minimum atomic E-state index is -4.35. The molecule has 0 saturated heterocycles. The zero-order valence-electron chi connectivity index (χ0n) is 34.0. The molecule has 0 amide bonds. The molecule has 2 N–H and O–H groups in total. The van der Waals surface area contributed by atoms with Crippen LogP contribution in [0.5, 0.6) is 0 Å². The fourth-order valence-electron chi connectivity index (χ4n) is 5.48. The molecule has 0 fully saturated rings. The van der Waals surface area contributed by atoms with Crippen molar-refractivity contribution >= 4 is 19.8 Å². The monoisotopic (exact) mass is 768 g/mol. The van der Waals surface area contributed by atoms with E-state index in [1.165, 1.54) is 83.5 Å². The summed E-state index contributed by atoms with van der Waals surface area (Å²) in [6.45, 7) is 4.15. The van der Waals surface area contributed by atoms with Gasteiger partial charge in [0.25, 0.3) is 0 Å². The molecule has 0 rings (SSSR count). The topological polar surface area (TPSA) is 120 Å². The molecular weight excluding hydrogens is 689 g/mol. The van der Waals surface area contributed by atoms with Crippen molar-refractivity contribution in [3.05, 3.63) is 48.6 Å². The number of esters is 2. The normalized spacial score (nSPS) is 13.8. The van der Waals surface area contributed by atoms with Gasteiger partial charge in [0.15, 0.2) is 6.10 Å². The van der Waals surface area contributed by atoms with E-state index in [9.17, 15) is 19.0 Å². The lowest BCUT2D eigenvalue weighted by atomic mass is 10.0. The molecule has 0 bridgehead atoms. The van der Waals surface area contributed by atoms with Gasteiger partial charge < -0.3 is 19.7 Å². The van der Waals surface area contributed by atoms with E-state index in [0.29, 0.717) is 13.0 Å². The van der Waals surface area contributed by atoms with Crippen LogP contribution in [0.2, 0.25) is 0 Å². The van der Waals surface area contributed by atoms with Crippen LogP contribution in [0.3, 0.4) is 0 Å². The van der Waals surface area contributed by atoms with E-state index >= 15 is 0 Å². The molecule has 0 aliphatic carbocycles. The number of nitrogens with one attached hydrogen (secondary N) is 1. The van der Waals surface area contributed by atoms with Gasteiger partial charge in [-0.1, -0.05) is 152 Å². The Labute approximate surface area is 324 Å². The van der Waals surface area contributed by atoms with Crippen LogP contribution in [0.25, 0.3) is 0 Å². The molecule has 0 radical (unpaired) electrons. The van der Waals surface area contributed by atoms with E-state index in [1.807, 2.05) is 0 Å². The molecule has 10 heteroatoms. The van der Waals surface area contributed by atoms with Crippen LogP contribution in [0.4, 0.5) is 0 Å². The molecule has 53 heavy (non-hydrogen) atoms. The molecule has 0 aliphatic heterocycles. The van der Waals surface area contributed by atoms with Gasteiger partial charge in [0.2, 0.25) is 0 Å². The predicted molar refractivity (Wildman–Crippen MR) is 220 cm³/mol. The highest BCUT2D eigenvalue weighted by Gasteiger charge is 2.26. The number of hydrogen-bond acceptors (Lipinski definition) is 8. The maximum atomic E-state index is 12.6. The number of carbonyl (C=O) groups excluding carboxylic acids is 2. The van der Waals surface area contributed by atoms with Gasteiger partial charge in [0, 0.05) is 19.4 Å². The minimum Gasteiger partial charge on any atom is -0.462 e. The van der Waals surface area contributed by atoms with Crippen molar-refractivity contribution in [3.8, 4) is 0 Å². The van der Waals surface area contributed by atoms with Crippen molar-refractivity contribution in [1.82, 2.24) is 5.32 Å². The fraction of sp³-hybridized carbons (Fsp3) is 0.767. The van der Waals surface area contributed by atoms with Crippen molar-refractivity contribution in [1.29, 1.82) is 0 Å². The first kappa shape index (κ1) is 51.0. The SMILES string of the molecule is CCCCC/C=C\C/C=C\C/C=C\C/C=C\CCCCCC(=O)OC(COC(=O)CCCCCCCCCCCCCC)COP(=O)(O)OCCNC. The molecule has 0 spiro atoms. The Balaban J connectivity index is 4.31. The average Bonchev–Trinajstić information content (AvgIpc) is 3.14. The molecule has 0 saturated carbocycles. The van der Waals surface area contributed by atoms with Crippen LogP contribution in [-0.2, 0) is 32.7 Å². The molecule has 308 valence electrons. The number of ether oxygens (including phenoxy) is 2. The molecule has 0 aromatic rings. The smallest absolute Gasteiger partial charge is 0.462 e. The number of unbranched alkanes of at least 4 members (excludes halogenated alkanes) is 17. The van der Waals surface area contributed by atoms with Gasteiger partial charge in [0.1, 0.15) is 6.61 Å². The lowest BCUT2D eigenvalue weighted by Crippen LogP contribution is -2.29. The number of phosphoric ester groups is 1. The molecule has 0 heterocycles. The number of carbonyl (C=O) groups is 2. The Bertz CT molecular complexity index is 1010. The van der Waals surface area contributed by atoms with Gasteiger partial charge in [-0.3, -0.25) is 18.6 Å². The zero-order valence-corrected chi connectivity index (χ0v) is 34.8. The van der Waals surface area contributed by atoms with E-state index in [2.05, 4.69) is 67.8 Å². The summed E-state index contributed by atoms with van der Waals surface area (Å²) in [4.78, 5) is 35.0. The van der Waals surface area contributed by atoms with Crippen molar-refractivity contribution in [3.63, 3.8) is 0 Å². The highest BCUT2D eigenvalue weighted by molar-refractivity contribution is 7.47. The zero-order chi connectivity index (χ0) is 38.9. The molecule has 2 atom stereocenters. The number of phosphoric acid groups is 1. The van der Waals surface area contributed by atoms with Crippen LogP contribution in [0.1, 0.15) is 174 Å². The van der Waals surface area contributed by atoms with Crippen LogP contribution in [0.15, 0.2) is 48.6 Å². The maximum absolute atomic E-state index is 12.6. The predicted octanol–water partition coefficient (Wildman–Crippen LogP) is 11.8. The van der Waals surface area contributed by atoms with Crippen molar-refractivity contribution in [2.45, 2.75) is 180 Å². The van der Waals surface area contributed by atoms with E-state index in [0.717, 1.165) is 57.8 Å². The first-order valence-electron chi connectivity index (χ1n) is 21.1. The molecule has 0 aromatic heterocycles. The summed E-state index contributed by atoms with van der Waals surface area (Å²) in [7, 11) is -2.66. The van der Waals surface area contributed by atoms with Crippen molar-refractivity contribution in [2.24, 2.45) is 0 Å². The minimum absolute atomic E-state index is 0.0240.